The summed E-state index contributed by atoms with van der Waals surface area (Å²) in [5.41, 5.74) is -0.788. The molecule has 4 aromatic rings. The lowest BCUT2D eigenvalue weighted by atomic mass is 9.82. The minimum Gasteiger partial charge on any atom is -0.462 e. The van der Waals surface area contributed by atoms with E-state index in [0.717, 1.165) is 6.07 Å². The number of nitrogens with zero attached hydrogens (tertiary/aromatic N) is 4. The van der Waals surface area contributed by atoms with Crippen LogP contribution in [0.2, 0.25) is 0 Å². The Kier molecular flexibility index (Phi) is 5.87. The predicted molar refractivity (Wildman–Crippen MR) is 123 cm³/mol. The molecule has 2 aromatic heterocycles. The maximum Gasteiger partial charge on any atom is 0.345 e. The van der Waals surface area contributed by atoms with E-state index in [2.05, 4.69) is 15.1 Å². The average Bonchev–Trinajstić information content (AvgIpc) is 3.38. The van der Waals surface area contributed by atoms with Crippen molar-refractivity contribution in [1.82, 2.24) is 15.1 Å². The summed E-state index contributed by atoms with van der Waals surface area (Å²) < 4.78 is 10.4. The van der Waals surface area contributed by atoms with E-state index in [1.807, 2.05) is 0 Å². The Bertz CT molecular complexity index is 1530. The Morgan fingerprint density at radius 3 is 2.50 bits per heavy atom. The fourth-order valence-corrected chi connectivity index (χ4v) is 3.96. The topological polar surface area (TPSA) is 155 Å². The number of nitro groups is 1. The fraction of sp³-hybridized carbons (Fsp3) is 0.120. The first-order chi connectivity index (χ1) is 17.5. The molecule has 0 amide bonds. The average molecular weight is 484 g/mol. The van der Waals surface area contributed by atoms with E-state index in [1.165, 1.54) is 18.2 Å². The highest BCUT2D eigenvalue weighted by Crippen LogP contribution is 2.35. The zero-order chi connectivity index (χ0) is 25.2. The van der Waals surface area contributed by atoms with Crippen molar-refractivity contribution < 1.29 is 28.6 Å². The molecule has 0 spiro atoms. The van der Waals surface area contributed by atoms with Gasteiger partial charge in [-0.25, -0.2) is 4.79 Å². The first kappa shape index (κ1) is 22.7. The summed E-state index contributed by atoms with van der Waals surface area (Å²) in [5.74, 6) is -1.49. The second-order valence-electron chi connectivity index (χ2n) is 7.84. The Morgan fingerprint density at radius 1 is 1.00 bits per heavy atom. The molecular weight excluding hydrogens is 468 g/mol. The molecule has 0 fully saturated rings. The molecule has 2 heterocycles. The highest BCUT2D eigenvalue weighted by molar-refractivity contribution is 6.30. The van der Waals surface area contributed by atoms with Gasteiger partial charge in [0.15, 0.2) is 5.78 Å². The minimum absolute atomic E-state index is 0.0498. The molecule has 0 unspecified atom stereocenters. The van der Waals surface area contributed by atoms with Gasteiger partial charge >= 0.3 is 5.97 Å². The molecule has 0 saturated carbocycles. The van der Waals surface area contributed by atoms with Crippen molar-refractivity contribution in [2.45, 2.75) is 12.8 Å². The van der Waals surface area contributed by atoms with E-state index in [1.54, 1.807) is 36.7 Å². The van der Waals surface area contributed by atoms with Crippen molar-refractivity contribution in [1.29, 1.82) is 0 Å². The second-order valence-corrected chi connectivity index (χ2v) is 7.84. The van der Waals surface area contributed by atoms with Crippen molar-refractivity contribution in [2.75, 3.05) is 6.61 Å². The fourth-order valence-electron chi connectivity index (χ4n) is 3.96. The summed E-state index contributed by atoms with van der Waals surface area (Å²) in [5, 5.41) is 15.8. The lowest BCUT2D eigenvalue weighted by Crippen LogP contribution is -2.24. The molecule has 11 heteroatoms. The number of aryl methyl sites for hydroxylation is 1. The van der Waals surface area contributed by atoms with Crippen LogP contribution in [0.3, 0.4) is 0 Å². The molecule has 36 heavy (non-hydrogen) atoms. The number of benzene rings is 2. The monoisotopic (exact) mass is 484 g/mol. The van der Waals surface area contributed by atoms with E-state index >= 15 is 0 Å². The van der Waals surface area contributed by atoms with Gasteiger partial charge in [-0.05, 0) is 30.7 Å². The van der Waals surface area contributed by atoms with Gasteiger partial charge in [0, 0.05) is 41.1 Å². The molecule has 0 N–H and O–H groups in total. The summed E-state index contributed by atoms with van der Waals surface area (Å²) in [7, 11) is 0. The molecule has 1 aliphatic carbocycles. The van der Waals surface area contributed by atoms with Gasteiger partial charge < -0.3 is 9.26 Å². The van der Waals surface area contributed by atoms with Crippen LogP contribution >= 0.6 is 0 Å². The van der Waals surface area contributed by atoms with Gasteiger partial charge in [-0.2, -0.15) is 4.98 Å². The summed E-state index contributed by atoms with van der Waals surface area (Å²) in [6, 6.07) is 12.0. The number of aromatic nitrogens is 3. The summed E-state index contributed by atoms with van der Waals surface area (Å²) >= 11 is 0. The van der Waals surface area contributed by atoms with Crippen molar-refractivity contribution in [2.24, 2.45) is 0 Å². The molecule has 5 rings (SSSR count). The minimum atomic E-state index is -0.981. The summed E-state index contributed by atoms with van der Waals surface area (Å²) in [6.45, 7) is -0.0899. The molecule has 0 bridgehead atoms. The van der Waals surface area contributed by atoms with Gasteiger partial charge in [0.05, 0.1) is 11.5 Å². The number of esters is 1. The third kappa shape index (κ3) is 4.02. The highest BCUT2D eigenvalue weighted by atomic mass is 16.6. The molecule has 178 valence electrons. The highest BCUT2D eigenvalue weighted by Gasteiger charge is 2.38. The predicted octanol–water partition coefficient (Wildman–Crippen LogP) is 3.60. The van der Waals surface area contributed by atoms with Crippen LogP contribution in [0.5, 0.6) is 0 Å². The quantitative estimate of drug-likeness (QED) is 0.145. The molecule has 0 aliphatic heterocycles. The first-order valence-electron chi connectivity index (χ1n) is 10.9. The van der Waals surface area contributed by atoms with Crippen LogP contribution < -0.4 is 0 Å². The molecule has 0 atom stereocenters. The van der Waals surface area contributed by atoms with Gasteiger partial charge in [0.25, 0.3) is 5.69 Å². The van der Waals surface area contributed by atoms with E-state index in [9.17, 15) is 24.5 Å². The van der Waals surface area contributed by atoms with Gasteiger partial charge in [0.2, 0.25) is 17.5 Å². The van der Waals surface area contributed by atoms with Crippen molar-refractivity contribution in [3.05, 3.63) is 105 Å². The van der Waals surface area contributed by atoms with Crippen LogP contribution in [0.15, 0.2) is 65.4 Å². The van der Waals surface area contributed by atoms with Crippen molar-refractivity contribution in [3.63, 3.8) is 0 Å². The second kappa shape index (κ2) is 9.29. The number of carbonyl (C=O) groups is 3. The molecule has 1 aliphatic rings. The summed E-state index contributed by atoms with van der Waals surface area (Å²) in [4.78, 5) is 57.9. The van der Waals surface area contributed by atoms with Crippen LogP contribution in [0.1, 0.15) is 54.5 Å². The maximum absolute atomic E-state index is 13.0. The number of ketones is 2. The molecule has 2 aromatic carbocycles. The van der Waals surface area contributed by atoms with Crippen LogP contribution in [-0.2, 0) is 11.2 Å². The van der Waals surface area contributed by atoms with Gasteiger partial charge in [-0.3, -0.25) is 24.7 Å². The summed E-state index contributed by atoms with van der Waals surface area (Å²) in [6.07, 6.45) is 3.83. The lowest BCUT2D eigenvalue weighted by molar-refractivity contribution is -0.385. The van der Waals surface area contributed by atoms with Crippen LogP contribution in [0, 0.1) is 10.1 Å². The third-order valence-corrected chi connectivity index (χ3v) is 5.62. The van der Waals surface area contributed by atoms with E-state index < -0.39 is 39.3 Å². The Morgan fingerprint density at radius 2 is 1.78 bits per heavy atom. The number of hydrogen-bond acceptors (Lipinski definition) is 10. The number of fused-ring (bicyclic) bond motifs is 2. The van der Waals surface area contributed by atoms with E-state index in [-0.39, 0.29) is 23.3 Å². The third-order valence-electron chi connectivity index (χ3n) is 5.62. The Balaban J connectivity index is 1.31. The largest absolute Gasteiger partial charge is 0.462 e. The normalized spacial score (nSPS) is 12.1. The number of ether oxygens (including phenoxy) is 1. The molecule has 0 radical (unpaired) electrons. The Labute approximate surface area is 202 Å². The number of pyridine rings is 1. The smallest absolute Gasteiger partial charge is 0.345 e. The standard InChI is InChI=1S/C25H16N4O7/c30-22-15-6-1-2-7-16(15)23(31)20-17(22)9-10-18(21(20)29(33)34)25(32)35-12-4-8-19-27-24(28-36-19)14-5-3-11-26-13-14/h1-3,5-7,9-11,13H,4,8,12H2. The zero-order valence-electron chi connectivity index (χ0n) is 18.5. The number of carbonyl (C=O) groups excluding carboxylic acids is 3. The Hall–Kier alpha value is -5.06. The number of nitro benzene ring substituents is 1. The van der Waals surface area contributed by atoms with Gasteiger partial charge in [-0.15, -0.1) is 0 Å². The van der Waals surface area contributed by atoms with Gasteiger partial charge in [0.1, 0.15) is 11.1 Å². The maximum atomic E-state index is 13.0. The first-order valence-corrected chi connectivity index (χ1v) is 10.9. The van der Waals surface area contributed by atoms with Crippen LogP contribution in [0.25, 0.3) is 11.4 Å². The molecule has 0 saturated heterocycles. The molecular formula is C25H16N4O7. The van der Waals surface area contributed by atoms with Crippen LogP contribution in [0.4, 0.5) is 5.69 Å². The molecule has 11 nitrogen and oxygen atoms in total. The van der Waals surface area contributed by atoms with Crippen molar-refractivity contribution >= 4 is 23.2 Å². The SMILES string of the molecule is O=C1c2ccccc2C(=O)c2c1ccc(C(=O)OCCCc1nc(-c3cccnc3)no1)c2[N+](=O)[O-]. The van der Waals surface area contributed by atoms with E-state index in [0.29, 0.717) is 30.1 Å². The van der Waals surface area contributed by atoms with Crippen LogP contribution in [-0.4, -0.2) is 44.2 Å². The number of rotatable bonds is 7. The lowest BCUT2D eigenvalue weighted by Gasteiger charge is -2.18. The van der Waals surface area contributed by atoms with E-state index in [4.69, 9.17) is 9.26 Å². The zero-order valence-corrected chi connectivity index (χ0v) is 18.5. The van der Waals surface area contributed by atoms with Crippen molar-refractivity contribution in [3.8, 4) is 11.4 Å². The number of hydrogen-bond donors (Lipinski definition) is 0. The van der Waals surface area contributed by atoms with Gasteiger partial charge in [-0.1, -0.05) is 29.4 Å².